The molecular weight excluding hydrogens is 445 g/mol. The Morgan fingerprint density at radius 1 is 1.15 bits per heavy atom. The Kier molecular flexibility index (Phi) is 6.04. The lowest BCUT2D eigenvalue weighted by molar-refractivity contribution is -0.141. The molecule has 4 heterocycles. The molecule has 178 valence electrons. The summed E-state index contributed by atoms with van der Waals surface area (Å²) >= 11 is 0. The first-order chi connectivity index (χ1) is 15.6. The predicted molar refractivity (Wildman–Crippen MR) is 112 cm³/mol. The fourth-order valence-electron chi connectivity index (χ4n) is 3.86. The van der Waals surface area contributed by atoms with Crippen molar-refractivity contribution in [1.29, 1.82) is 0 Å². The number of halogens is 3. The van der Waals surface area contributed by atoms with E-state index in [-0.39, 0.29) is 11.7 Å². The van der Waals surface area contributed by atoms with Crippen LogP contribution in [0.15, 0.2) is 22.7 Å². The maximum absolute atomic E-state index is 13.5. The van der Waals surface area contributed by atoms with Gasteiger partial charge in [-0.3, -0.25) is 4.79 Å². The average molecular weight is 468 g/mol. The Morgan fingerprint density at radius 3 is 2.42 bits per heavy atom. The molecule has 13 heteroatoms. The minimum absolute atomic E-state index is 0.189. The first-order valence-corrected chi connectivity index (χ1v) is 10.4. The number of hydrogen-bond acceptors (Lipinski definition) is 7. The third-order valence-corrected chi connectivity index (χ3v) is 5.66. The van der Waals surface area contributed by atoms with Gasteiger partial charge in [0.2, 0.25) is 5.76 Å². The van der Waals surface area contributed by atoms with Gasteiger partial charge < -0.3 is 29.5 Å². The minimum Gasteiger partial charge on any atom is -0.465 e. The van der Waals surface area contributed by atoms with Crippen LogP contribution in [0, 0.1) is 5.92 Å². The Labute approximate surface area is 187 Å². The van der Waals surface area contributed by atoms with Crippen molar-refractivity contribution < 1.29 is 32.3 Å². The van der Waals surface area contributed by atoms with Crippen LogP contribution in [0.5, 0.6) is 0 Å². The Balaban J connectivity index is 1.46. The topological polar surface area (TPSA) is 115 Å². The number of pyridine rings is 1. The second-order valence-corrected chi connectivity index (χ2v) is 8.13. The molecule has 2 fully saturated rings. The molecule has 0 bridgehead atoms. The summed E-state index contributed by atoms with van der Waals surface area (Å²) in [7, 11) is 0. The highest BCUT2D eigenvalue weighted by Gasteiger charge is 2.42. The van der Waals surface area contributed by atoms with Crippen molar-refractivity contribution in [2.24, 2.45) is 5.92 Å². The van der Waals surface area contributed by atoms with Gasteiger partial charge >= 0.3 is 12.3 Å². The molecule has 2 aromatic heterocycles. The number of carbonyl (C=O) groups excluding carboxylic acids is 1. The largest absolute Gasteiger partial charge is 0.465 e. The lowest BCUT2D eigenvalue weighted by Crippen LogP contribution is -2.48. The van der Waals surface area contributed by atoms with Crippen molar-refractivity contribution in [3.63, 3.8) is 0 Å². The molecule has 0 aromatic carbocycles. The standard InChI is InChI=1S/C20H23F3N6O4/c1-12-4-5-29(11-12)18-26-16(20(21,22)23)15(33-18)17(30)25-13-2-3-14(24-10-13)27-6-8-28(9-7-27)19(31)32/h2-3,10,12H,4-9,11H2,1H3,(H,25,30)(H,31,32). The first kappa shape index (κ1) is 22.7. The van der Waals surface area contributed by atoms with Gasteiger partial charge in [0.1, 0.15) is 5.82 Å². The molecule has 10 nitrogen and oxygen atoms in total. The molecular formula is C20H23F3N6O4. The molecule has 0 spiro atoms. The number of oxazole rings is 1. The summed E-state index contributed by atoms with van der Waals surface area (Å²) in [6.07, 6.45) is -3.70. The fourth-order valence-corrected chi connectivity index (χ4v) is 3.86. The van der Waals surface area contributed by atoms with E-state index in [1.807, 2.05) is 11.8 Å². The molecule has 0 radical (unpaired) electrons. The molecule has 2 saturated heterocycles. The lowest BCUT2D eigenvalue weighted by atomic mass is 10.2. The molecule has 2 aliphatic heterocycles. The second-order valence-electron chi connectivity index (χ2n) is 8.13. The number of alkyl halides is 3. The molecule has 2 aliphatic rings. The van der Waals surface area contributed by atoms with E-state index in [2.05, 4.69) is 15.3 Å². The van der Waals surface area contributed by atoms with E-state index in [0.29, 0.717) is 51.0 Å². The van der Waals surface area contributed by atoms with Crippen LogP contribution in [-0.4, -0.2) is 71.2 Å². The monoisotopic (exact) mass is 468 g/mol. The van der Waals surface area contributed by atoms with Gasteiger partial charge in [0.05, 0.1) is 11.9 Å². The summed E-state index contributed by atoms with van der Waals surface area (Å²) in [4.78, 5) is 36.2. The number of nitrogens with one attached hydrogen (secondary N) is 1. The molecule has 2 aromatic rings. The van der Waals surface area contributed by atoms with Crippen molar-refractivity contribution in [3.8, 4) is 0 Å². The number of carbonyl (C=O) groups is 2. The van der Waals surface area contributed by atoms with E-state index >= 15 is 0 Å². The number of anilines is 3. The number of rotatable bonds is 4. The van der Waals surface area contributed by atoms with E-state index in [4.69, 9.17) is 9.52 Å². The number of nitrogens with zero attached hydrogens (tertiary/aromatic N) is 5. The zero-order chi connectivity index (χ0) is 23.8. The van der Waals surface area contributed by atoms with E-state index in [0.717, 1.165) is 6.42 Å². The second kappa shape index (κ2) is 8.79. The van der Waals surface area contributed by atoms with Crippen molar-refractivity contribution in [2.75, 3.05) is 54.4 Å². The predicted octanol–water partition coefficient (Wildman–Crippen LogP) is 2.99. The molecule has 2 amide bonds. The molecule has 1 atom stereocenters. The van der Waals surface area contributed by atoms with E-state index in [1.54, 1.807) is 11.0 Å². The number of carboxylic acid groups (broad SMARTS) is 1. The van der Waals surface area contributed by atoms with E-state index < -0.39 is 29.6 Å². The van der Waals surface area contributed by atoms with E-state index in [1.165, 1.54) is 17.2 Å². The van der Waals surface area contributed by atoms with Crippen LogP contribution in [0.4, 0.5) is 35.5 Å². The molecule has 33 heavy (non-hydrogen) atoms. The minimum atomic E-state index is -4.85. The van der Waals surface area contributed by atoms with Crippen LogP contribution < -0.4 is 15.1 Å². The van der Waals surface area contributed by atoms with Crippen LogP contribution in [0.2, 0.25) is 0 Å². The normalized spacial score (nSPS) is 19.2. The maximum atomic E-state index is 13.5. The average Bonchev–Trinajstić information content (AvgIpc) is 3.41. The Morgan fingerprint density at radius 2 is 1.88 bits per heavy atom. The summed E-state index contributed by atoms with van der Waals surface area (Å²) in [5.74, 6) is -1.11. The number of amides is 2. The van der Waals surface area contributed by atoms with Crippen molar-refractivity contribution in [1.82, 2.24) is 14.9 Å². The van der Waals surface area contributed by atoms with Gasteiger partial charge in [0.15, 0.2) is 5.69 Å². The van der Waals surface area contributed by atoms with Gasteiger partial charge in [-0.1, -0.05) is 6.92 Å². The van der Waals surface area contributed by atoms with Crippen molar-refractivity contribution >= 4 is 29.5 Å². The van der Waals surface area contributed by atoms with Gasteiger partial charge in [0, 0.05) is 39.3 Å². The quantitative estimate of drug-likeness (QED) is 0.704. The van der Waals surface area contributed by atoms with Gasteiger partial charge in [-0.05, 0) is 24.5 Å². The van der Waals surface area contributed by atoms with Gasteiger partial charge in [0.25, 0.3) is 11.9 Å². The third-order valence-electron chi connectivity index (χ3n) is 5.66. The molecule has 0 aliphatic carbocycles. The zero-order valence-electron chi connectivity index (χ0n) is 17.8. The van der Waals surface area contributed by atoms with Crippen LogP contribution in [0.1, 0.15) is 29.6 Å². The van der Waals surface area contributed by atoms with Crippen molar-refractivity contribution in [2.45, 2.75) is 19.5 Å². The van der Waals surface area contributed by atoms with Crippen LogP contribution in [0.3, 0.4) is 0 Å². The summed E-state index contributed by atoms with van der Waals surface area (Å²) in [6, 6.07) is 2.90. The smallest absolute Gasteiger partial charge is 0.437 e. The number of hydrogen-bond donors (Lipinski definition) is 2. The SMILES string of the molecule is CC1CCN(c2nc(C(F)(F)F)c(C(=O)Nc3ccc(N4CCN(C(=O)O)CC4)nc3)o2)C1. The summed E-state index contributed by atoms with van der Waals surface area (Å²) in [5, 5.41) is 11.4. The highest BCUT2D eigenvalue weighted by molar-refractivity contribution is 6.03. The highest BCUT2D eigenvalue weighted by atomic mass is 19.4. The lowest BCUT2D eigenvalue weighted by Gasteiger charge is -2.33. The molecule has 1 unspecified atom stereocenters. The van der Waals surface area contributed by atoms with Gasteiger partial charge in [-0.25, -0.2) is 9.78 Å². The van der Waals surface area contributed by atoms with Gasteiger partial charge in [-0.15, -0.1) is 0 Å². The van der Waals surface area contributed by atoms with E-state index in [9.17, 15) is 22.8 Å². The van der Waals surface area contributed by atoms with Crippen LogP contribution >= 0.6 is 0 Å². The summed E-state index contributed by atoms with van der Waals surface area (Å²) < 4.78 is 45.7. The zero-order valence-corrected chi connectivity index (χ0v) is 17.8. The fraction of sp³-hybridized carbons (Fsp3) is 0.500. The van der Waals surface area contributed by atoms with Crippen LogP contribution in [0.25, 0.3) is 0 Å². The maximum Gasteiger partial charge on any atom is 0.437 e. The molecule has 2 N–H and O–H groups in total. The first-order valence-electron chi connectivity index (χ1n) is 10.4. The Bertz CT molecular complexity index is 1020. The number of aromatic nitrogens is 2. The van der Waals surface area contributed by atoms with Crippen molar-refractivity contribution in [3.05, 3.63) is 29.8 Å². The van der Waals surface area contributed by atoms with Gasteiger partial charge in [-0.2, -0.15) is 18.2 Å². The number of piperazine rings is 1. The molecule has 4 rings (SSSR count). The highest BCUT2D eigenvalue weighted by Crippen LogP contribution is 2.35. The Hall–Kier alpha value is -3.51. The van der Waals surface area contributed by atoms with Crippen LogP contribution in [-0.2, 0) is 6.18 Å². The summed E-state index contributed by atoms with van der Waals surface area (Å²) in [5.41, 5.74) is -1.18. The summed E-state index contributed by atoms with van der Waals surface area (Å²) in [6.45, 7) is 4.56. The third kappa shape index (κ3) is 4.96. The molecule has 0 saturated carbocycles.